The molecule has 0 aromatic heterocycles. The van der Waals surface area contributed by atoms with Crippen molar-refractivity contribution in [2.75, 3.05) is 20.8 Å². The van der Waals surface area contributed by atoms with Crippen molar-refractivity contribution in [2.24, 2.45) is 0 Å². The van der Waals surface area contributed by atoms with Crippen molar-refractivity contribution in [1.29, 1.82) is 0 Å². The van der Waals surface area contributed by atoms with Crippen LogP contribution in [0.25, 0.3) is 6.08 Å². The Balaban J connectivity index is 2.22. The van der Waals surface area contributed by atoms with E-state index in [1.165, 1.54) is 0 Å². The standard InChI is InChI=1S/C17H23NO3/c1-4-5-6-8-18-9-7-13-10-15(20-2)16(21-3)11-14(13)12-17(18)19/h7,9-11H,4-6,8,12H2,1-3H3. The normalized spacial score (nSPS) is 13.9. The molecule has 0 saturated carbocycles. The first-order chi connectivity index (χ1) is 10.2. The van der Waals surface area contributed by atoms with Crippen molar-refractivity contribution in [3.8, 4) is 11.5 Å². The van der Waals surface area contributed by atoms with Crippen LogP contribution in [0.2, 0.25) is 0 Å². The average molecular weight is 289 g/mol. The van der Waals surface area contributed by atoms with Crippen LogP contribution in [0, 0.1) is 0 Å². The van der Waals surface area contributed by atoms with Crippen LogP contribution in [0.5, 0.6) is 11.5 Å². The van der Waals surface area contributed by atoms with Crippen LogP contribution in [0.4, 0.5) is 0 Å². The van der Waals surface area contributed by atoms with Gasteiger partial charge in [-0.1, -0.05) is 19.8 Å². The number of ether oxygens (including phenoxy) is 2. The van der Waals surface area contributed by atoms with Gasteiger partial charge in [-0.05, 0) is 35.8 Å². The number of amides is 1. The van der Waals surface area contributed by atoms with Crippen LogP contribution < -0.4 is 9.47 Å². The summed E-state index contributed by atoms with van der Waals surface area (Å²) < 4.78 is 10.6. The number of hydrogen-bond acceptors (Lipinski definition) is 3. The van der Waals surface area contributed by atoms with E-state index in [-0.39, 0.29) is 5.91 Å². The zero-order valence-corrected chi connectivity index (χ0v) is 13.0. The highest BCUT2D eigenvalue weighted by molar-refractivity contribution is 5.84. The molecular formula is C17H23NO3. The van der Waals surface area contributed by atoms with Gasteiger partial charge in [-0.25, -0.2) is 0 Å². The highest BCUT2D eigenvalue weighted by atomic mass is 16.5. The summed E-state index contributed by atoms with van der Waals surface area (Å²) in [7, 11) is 3.22. The SMILES string of the molecule is CCCCCN1C=Cc2cc(OC)c(OC)cc2CC1=O. The fraction of sp³-hybridized carbons (Fsp3) is 0.471. The van der Waals surface area contributed by atoms with E-state index in [1.54, 1.807) is 14.2 Å². The minimum absolute atomic E-state index is 0.133. The maximum absolute atomic E-state index is 12.3. The quantitative estimate of drug-likeness (QED) is 0.755. The first-order valence-electron chi connectivity index (χ1n) is 7.42. The van der Waals surface area contributed by atoms with Crippen molar-refractivity contribution in [3.05, 3.63) is 29.5 Å². The molecule has 0 N–H and O–H groups in total. The van der Waals surface area contributed by atoms with E-state index in [9.17, 15) is 4.79 Å². The Morgan fingerprint density at radius 3 is 2.52 bits per heavy atom. The molecule has 2 rings (SSSR count). The molecule has 0 saturated heterocycles. The molecule has 1 aliphatic heterocycles. The van der Waals surface area contributed by atoms with Crippen molar-refractivity contribution >= 4 is 12.0 Å². The second-order valence-corrected chi connectivity index (χ2v) is 5.19. The first-order valence-corrected chi connectivity index (χ1v) is 7.42. The molecule has 1 heterocycles. The van der Waals surface area contributed by atoms with Crippen LogP contribution in [0.1, 0.15) is 37.3 Å². The van der Waals surface area contributed by atoms with E-state index in [1.807, 2.05) is 29.3 Å². The zero-order chi connectivity index (χ0) is 15.2. The minimum Gasteiger partial charge on any atom is -0.493 e. The topological polar surface area (TPSA) is 38.8 Å². The van der Waals surface area contributed by atoms with Gasteiger partial charge >= 0.3 is 0 Å². The van der Waals surface area contributed by atoms with Crippen molar-refractivity contribution in [3.63, 3.8) is 0 Å². The smallest absolute Gasteiger partial charge is 0.230 e. The molecule has 0 atom stereocenters. The molecule has 4 heteroatoms. The molecule has 114 valence electrons. The Morgan fingerprint density at radius 1 is 1.14 bits per heavy atom. The van der Waals surface area contributed by atoms with Gasteiger partial charge < -0.3 is 14.4 Å². The number of unbranched alkanes of at least 4 members (excludes halogenated alkanes) is 2. The Hall–Kier alpha value is -1.97. The van der Waals surface area contributed by atoms with Gasteiger partial charge in [0.05, 0.1) is 20.6 Å². The average Bonchev–Trinajstić information content (AvgIpc) is 2.65. The van der Waals surface area contributed by atoms with Gasteiger partial charge in [0.15, 0.2) is 11.5 Å². The fourth-order valence-electron chi connectivity index (χ4n) is 2.49. The molecule has 0 radical (unpaired) electrons. The molecular weight excluding hydrogens is 266 g/mol. The third kappa shape index (κ3) is 3.57. The van der Waals surface area contributed by atoms with Gasteiger partial charge in [0.25, 0.3) is 0 Å². The first kappa shape index (κ1) is 15.4. The van der Waals surface area contributed by atoms with E-state index < -0.39 is 0 Å². The summed E-state index contributed by atoms with van der Waals surface area (Å²) >= 11 is 0. The number of benzene rings is 1. The van der Waals surface area contributed by atoms with Gasteiger partial charge in [-0.15, -0.1) is 0 Å². The van der Waals surface area contributed by atoms with Crippen molar-refractivity contribution < 1.29 is 14.3 Å². The fourth-order valence-corrected chi connectivity index (χ4v) is 2.49. The maximum atomic E-state index is 12.3. The summed E-state index contributed by atoms with van der Waals surface area (Å²) in [4.78, 5) is 14.1. The summed E-state index contributed by atoms with van der Waals surface area (Å²) in [5.41, 5.74) is 1.99. The second-order valence-electron chi connectivity index (χ2n) is 5.19. The lowest BCUT2D eigenvalue weighted by atomic mass is 10.0. The van der Waals surface area contributed by atoms with Crippen LogP contribution in [0.15, 0.2) is 18.3 Å². The Morgan fingerprint density at radius 2 is 1.86 bits per heavy atom. The molecule has 1 amide bonds. The van der Waals surface area contributed by atoms with Gasteiger partial charge in [0, 0.05) is 12.7 Å². The summed E-state index contributed by atoms with van der Waals surface area (Å²) in [6.45, 7) is 2.94. The third-order valence-corrected chi connectivity index (χ3v) is 3.74. The molecule has 0 bridgehead atoms. The lowest BCUT2D eigenvalue weighted by molar-refractivity contribution is -0.127. The summed E-state index contributed by atoms with van der Waals surface area (Å²) in [5.74, 6) is 1.48. The summed E-state index contributed by atoms with van der Waals surface area (Å²) in [6.07, 6.45) is 7.60. The number of nitrogens with zero attached hydrogens (tertiary/aromatic N) is 1. The van der Waals surface area contributed by atoms with E-state index in [2.05, 4.69) is 6.92 Å². The largest absolute Gasteiger partial charge is 0.493 e. The predicted molar refractivity (Wildman–Crippen MR) is 83.5 cm³/mol. The van der Waals surface area contributed by atoms with Crippen molar-refractivity contribution in [1.82, 2.24) is 4.90 Å². The predicted octanol–water partition coefficient (Wildman–Crippen LogP) is 3.25. The Bertz CT molecular complexity index is 537. The maximum Gasteiger partial charge on any atom is 0.230 e. The Labute approximate surface area is 126 Å². The number of carbonyl (C=O) groups excluding carboxylic acids is 1. The zero-order valence-electron chi connectivity index (χ0n) is 13.0. The molecule has 4 nitrogen and oxygen atoms in total. The molecule has 1 aliphatic rings. The molecule has 1 aromatic carbocycles. The highest BCUT2D eigenvalue weighted by Gasteiger charge is 2.19. The van der Waals surface area contributed by atoms with Crippen LogP contribution in [0.3, 0.4) is 0 Å². The minimum atomic E-state index is 0.133. The van der Waals surface area contributed by atoms with Crippen molar-refractivity contribution in [2.45, 2.75) is 32.6 Å². The number of fused-ring (bicyclic) bond motifs is 1. The molecule has 0 unspecified atom stereocenters. The lowest BCUT2D eigenvalue weighted by Crippen LogP contribution is -2.27. The molecule has 0 aliphatic carbocycles. The van der Waals surface area contributed by atoms with E-state index in [4.69, 9.17) is 9.47 Å². The monoisotopic (exact) mass is 289 g/mol. The van der Waals surface area contributed by atoms with E-state index in [0.29, 0.717) is 17.9 Å². The van der Waals surface area contributed by atoms with Crippen LogP contribution in [-0.4, -0.2) is 31.6 Å². The summed E-state index contributed by atoms with van der Waals surface area (Å²) in [5, 5.41) is 0. The molecule has 1 aromatic rings. The number of methoxy groups -OCH3 is 2. The molecule has 0 fully saturated rings. The molecule has 21 heavy (non-hydrogen) atoms. The third-order valence-electron chi connectivity index (χ3n) is 3.74. The van der Waals surface area contributed by atoms with E-state index in [0.717, 1.165) is 36.9 Å². The number of carbonyl (C=O) groups is 1. The Kier molecular flexibility index (Phi) is 5.26. The van der Waals surface area contributed by atoms with Gasteiger partial charge in [-0.3, -0.25) is 4.79 Å². The lowest BCUT2D eigenvalue weighted by Gasteiger charge is -2.16. The van der Waals surface area contributed by atoms with E-state index >= 15 is 0 Å². The highest BCUT2D eigenvalue weighted by Crippen LogP contribution is 2.32. The second kappa shape index (κ2) is 7.16. The van der Waals surface area contributed by atoms with Gasteiger partial charge in [0.1, 0.15) is 0 Å². The number of hydrogen-bond donors (Lipinski definition) is 0. The van der Waals surface area contributed by atoms with Gasteiger partial charge in [0.2, 0.25) is 5.91 Å². The molecule has 0 spiro atoms. The van der Waals surface area contributed by atoms with Crippen LogP contribution >= 0.6 is 0 Å². The van der Waals surface area contributed by atoms with Crippen LogP contribution in [-0.2, 0) is 11.2 Å². The van der Waals surface area contributed by atoms with Gasteiger partial charge in [-0.2, -0.15) is 0 Å². The summed E-state index contributed by atoms with van der Waals surface area (Å²) in [6, 6.07) is 3.82. The number of rotatable bonds is 6.